The van der Waals surface area contributed by atoms with E-state index in [1.54, 1.807) is 7.11 Å². The average Bonchev–Trinajstić information content (AvgIpc) is 2.52. The number of rotatable bonds is 6. The Hall–Kier alpha value is -2.90. The van der Waals surface area contributed by atoms with Gasteiger partial charge in [0.2, 0.25) is 5.82 Å². The van der Waals surface area contributed by atoms with Crippen LogP contribution in [0.2, 0.25) is 0 Å². The molecule has 2 rings (SSSR count). The van der Waals surface area contributed by atoms with E-state index in [0.717, 1.165) is 17.5 Å². The van der Waals surface area contributed by atoms with Crippen LogP contribution in [0.3, 0.4) is 0 Å². The van der Waals surface area contributed by atoms with Gasteiger partial charge in [0.1, 0.15) is 11.9 Å². The van der Waals surface area contributed by atoms with Gasteiger partial charge in [-0.3, -0.25) is 10.1 Å². The van der Waals surface area contributed by atoms with Crippen LogP contribution in [0.4, 0.5) is 11.5 Å². The Morgan fingerprint density at radius 1 is 1.24 bits per heavy atom. The van der Waals surface area contributed by atoms with Crippen molar-refractivity contribution in [3.63, 3.8) is 0 Å². The highest BCUT2D eigenvalue weighted by Gasteiger charge is 2.17. The second-order valence-electron chi connectivity index (χ2n) is 4.05. The second kappa shape index (κ2) is 6.51. The Labute approximate surface area is 120 Å². The summed E-state index contributed by atoms with van der Waals surface area (Å²) in [5, 5.41) is 13.9. The average molecular weight is 290 g/mol. The topological polar surface area (TPSA) is 99.4 Å². The molecule has 110 valence electrons. The lowest BCUT2D eigenvalue weighted by molar-refractivity contribution is -0.384. The summed E-state index contributed by atoms with van der Waals surface area (Å²) in [6, 6.07) is 7.40. The summed E-state index contributed by atoms with van der Waals surface area (Å²) in [5.74, 6) is 0.858. The summed E-state index contributed by atoms with van der Waals surface area (Å²) in [6.07, 6.45) is 1.11. The van der Waals surface area contributed by atoms with Crippen LogP contribution in [0.5, 0.6) is 11.8 Å². The maximum Gasteiger partial charge on any atom is 0.329 e. The molecule has 0 atom stereocenters. The Bertz CT molecular complexity index is 631. The smallest absolute Gasteiger partial charge is 0.329 e. The van der Waals surface area contributed by atoms with Gasteiger partial charge in [0.25, 0.3) is 0 Å². The first kappa shape index (κ1) is 14.5. The highest BCUT2D eigenvalue weighted by Crippen LogP contribution is 2.23. The molecule has 0 aliphatic carbocycles. The van der Waals surface area contributed by atoms with Crippen molar-refractivity contribution in [1.82, 2.24) is 9.97 Å². The van der Waals surface area contributed by atoms with Gasteiger partial charge in [-0.2, -0.15) is 9.97 Å². The molecule has 0 spiro atoms. The molecule has 0 radical (unpaired) electrons. The summed E-state index contributed by atoms with van der Waals surface area (Å²) < 4.78 is 9.94. The minimum Gasteiger partial charge on any atom is -0.497 e. The number of methoxy groups -OCH3 is 2. The Morgan fingerprint density at radius 2 is 1.95 bits per heavy atom. The fourth-order valence-electron chi connectivity index (χ4n) is 1.65. The minimum absolute atomic E-state index is 0.0674. The van der Waals surface area contributed by atoms with Crippen LogP contribution in [0.25, 0.3) is 0 Å². The van der Waals surface area contributed by atoms with Crippen molar-refractivity contribution in [1.29, 1.82) is 0 Å². The van der Waals surface area contributed by atoms with E-state index in [1.807, 2.05) is 24.3 Å². The van der Waals surface area contributed by atoms with E-state index >= 15 is 0 Å². The van der Waals surface area contributed by atoms with Gasteiger partial charge in [0.05, 0.1) is 19.1 Å². The van der Waals surface area contributed by atoms with Gasteiger partial charge in [-0.15, -0.1) is 0 Å². The van der Waals surface area contributed by atoms with E-state index < -0.39 is 4.92 Å². The summed E-state index contributed by atoms with van der Waals surface area (Å²) in [4.78, 5) is 18.1. The zero-order chi connectivity index (χ0) is 15.2. The molecule has 21 heavy (non-hydrogen) atoms. The van der Waals surface area contributed by atoms with Gasteiger partial charge >= 0.3 is 11.7 Å². The quantitative estimate of drug-likeness (QED) is 0.641. The van der Waals surface area contributed by atoms with Crippen molar-refractivity contribution in [2.24, 2.45) is 0 Å². The third-order valence-electron chi connectivity index (χ3n) is 2.75. The molecule has 2 aromatic rings. The van der Waals surface area contributed by atoms with Crippen molar-refractivity contribution in [3.8, 4) is 11.8 Å². The lowest BCUT2D eigenvalue weighted by Gasteiger charge is -2.07. The monoisotopic (exact) mass is 290 g/mol. The van der Waals surface area contributed by atoms with Crippen molar-refractivity contribution >= 4 is 11.5 Å². The van der Waals surface area contributed by atoms with E-state index in [2.05, 4.69) is 15.3 Å². The summed E-state index contributed by atoms with van der Waals surface area (Å²) in [6.45, 7) is 0.380. The number of benzene rings is 1. The molecule has 1 N–H and O–H groups in total. The standard InChI is InChI=1S/C13H14N4O4/c1-20-10-5-3-9(4-6-10)7-14-12-11(17(18)19)8-15-13(16-12)21-2/h3-6,8H,7H2,1-2H3,(H,14,15,16). The van der Waals surface area contributed by atoms with Gasteiger partial charge in [0, 0.05) is 6.54 Å². The van der Waals surface area contributed by atoms with Crippen molar-refractivity contribution in [2.45, 2.75) is 6.54 Å². The maximum atomic E-state index is 10.9. The third-order valence-corrected chi connectivity index (χ3v) is 2.75. The van der Waals surface area contributed by atoms with E-state index in [-0.39, 0.29) is 17.5 Å². The summed E-state index contributed by atoms with van der Waals surface area (Å²) in [7, 11) is 2.98. The molecule has 8 nitrogen and oxygen atoms in total. The molecule has 0 aliphatic heterocycles. The zero-order valence-corrected chi connectivity index (χ0v) is 11.6. The number of hydrogen-bond donors (Lipinski definition) is 1. The molecule has 0 saturated heterocycles. The first-order valence-corrected chi connectivity index (χ1v) is 6.06. The lowest BCUT2D eigenvalue weighted by Crippen LogP contribution is -2.06. The molecule has 1 heterocycles. The van der Waals surface area contributed by atoms with E-state index in [4.69, 9.17) is 9.47 Å². The largest absolute Gasteiger partial charge is 0.497 e. The number of nitro groups is 1. The fourth-order valence-corrected chi connectivity index (χ4v) is 1.65. The molecule has 8 heteroatoms. The van der Waals surface area contributed by atoms with Crippen LogP contribution in [-0.2, 0) is 6.54 Å². The number of nitrogens with one attached hydrogen (secondary N) is 1. The number of ether oxygens (including phenoxy) is 2. The van der Waals surface area contributed by atoms with E-state index in [9.17, 15) is 10.1 Å². The van der Waals surface area contributed by atoms with Crippen LogP contribution >= 0.6 is 0 Å². The molecule has 1 aromatic heterocycles. The Morgan fingerprint density at radius 3 is 2.52 bits per heavy atom. The molecule has 0 saturated carbocycles. The number of hydrogen-bond acceptors (Lipinski definition) is 7. The number of anilines is 1. The van der Waals surface area contributed by atoms with Crippen LogP contribution in [0.1, 0.15) is 5.56 Å². The zero-order valence-electron chi connectivity index (χ0n) is 11.6. The summed E-state index contributed by atoms with van der Waals surface area (Å²) >= 11 is 0. The highest BCUT2D eigenvalue weighted by molar-refractivity contribution is 5.55. The van der Waals surface area contributed by atoms with Crippen LogP contribution in [0.15, 0.2) is 30.5 Å². The molecule has 0 bridgehead atoms. The summed E-state index contributed by atoms with van der Waals surface area (Å²) in [5.41, 5.74) is 0.729. The molecule has 0 unspecified atom stereocenters. The van der Waals surface area contributed by atoms with Crippen molar-refractivity contribution in [3.05, 3.63) is 46.1 Å². The first-order chi connectivity index (χ1) is 10.1. The number of aromatic nitrogens is 2. The predicted octanol–water partition coefficient (Wildman–Crippen LogP) is 2.01. The molecule has 0 fully saturated rings. The molecule has 1 aromatic carbocycles. The van der Waals surface area contributed by atoms with Gasteiger partial charge in [-0.05, 0) is 17.7 Å². The minimum atomic E-state index is -0.546. The predicted molar refractivity (Wildman–Crippen MR) is 75.6 cm³/mol. The van der Waals surface area contributed by atoms with Crippen LogP contribution < -0.4 is 14.8 Å². The van der Waals surface area contributed by atoms with Crippen LogP contribution in [0, 0.1) is 10.1 Å². The molecular weight excluding hydrogens is 276 g/mol. The Balaban J connectivity index is 2.15. The Kier molecular flexibility index (Phi) is 4.50. The van der Waals surface area contributed by atoms with Crippen molar-refractivity contribution < 1.29 is 14.4 Å². The molecular formula is C13H14N4O4. The van der Waals surface area contributed by atoms with Gasteiger partial charge < -0.3 is 14.8 Å². The van der Waals surface area contributed by atoms with Gasteiger partial charge in [-0.1, -0.05) is 12.1 Å². The van der Waals surface area contributed by atoms with Gasteiger partial charge in [-0.25, -0.2) is 0 Å². The van der Waals surface area contributed by atoms with E-state index in [1.165, 1.54) is 7.11 Å². The number of nitrogens with zero attached hydrogens (tertiary/aromatic N) is 3. The normalized spacial score (nSPS) is 10.0. The van der Waals surface area contributed by atoms with Crippen molar-refractivity contribution in [2.75, 3.05) is 19.5 Å². The molecule has 0 aliphatic rings. The highest BCUT2D eigenvalue weighted by atomic mass is 16.6. The lowest BCUT2D eigenvalue weighted by atomic mass is 10.2. The first-order valence-electron chi connectivity index (χ1n) is 6.06. The second-order valence-corrected chi connectivity index (χ2v) is 4.05. The third kappa shape index (κ3) is 3.56. The SMILES string of the molecule is COc1ccc(CNc2nc(OC)ncc2[N+](=O)[O-])cc1. The maximum absolute atomic E-state index is 10.9. The molecule has 0 amide bonds. The van der Waals surface area contributed by atoms with Crippen LogP contribution in [-0.4, -0.2) is 29.1 Å². The van der Waals surface area contributed by atoms with Gasteiger partial charge in [0.15, 0.2) is 0 Å². The fraction of sp³-hybridized carbons (Fsp3) is 0.231. The van der Waals surface area contributed by atoms with E-state index in [0.29, 0.717) is 6.54 Å².